The Balaban J connectivity index is 3.09. The Bertz CT molecular complexity index is 102. The minimum atomic E-state index is -0.198. The summed E-state index contributed by atoms with van der Waals surface area (Å²) in [6, 6.07) is 0. The van der Waals surface area contributed by atoms with E-state index < -0.39 is 0 Å². The Morgan fingerprint density at radius 1 is 1.50 bits per heavy atom. The van der Waals surface area contributed by atoms with Gasteiger partial charge in [-0.2, -0.15) is 0 Å². The zero-order valence-electron chi connectivity index (χ0n) is 7.96. The van der Waals surface area contributed by atoms with Crippen LogP contribution >= 0.6 is 0 Å². The molecule has 0 saturated heterocycles. The maximum atomic E-state index is 9.39. The molecule has 2 heteroatoms. The van der Waals surface area contributed by atoms with Crippen molar-refractivity contribution in [3.8, 4) is 0 Å². The lowest BCUT2D eigenvalue weighted by atomic mass is 10.1. The summed E-state index contributed by atoms with van der Waals surface area (Å²) in [4.78, 5) is 0. The van der Waals surface area contributed by atoms with Crippen molar-refractivity contribution in [2.75, 3.05) is 13.2 Å². The highest BCUT2D eigenvalue weighted by Gasteiger charge is 2.01. The Labute approximate surface area is 75.2 Å². The quantitative estimate of drug-likeness (QED) is 0.449. The number of hydrogen-bond donors (Lipinski definition) is 1. The first kappa shape index (κ1) is 11.7. The Morgan fingerprint density at radius 2 is 2.25 bits per heavy atom. The second-order valence-electron chi connectivity index (χ2n) is 2.86. The summed E-state index contributed by atoms with van der Waals surface area (Å²) in [6.45, 7) is 7.00. The van der Waals surface area contributed by atoms with E-state index in [0.717, 1.165) is 32.3 Å². The van der Waals surface area contributed by atoms with Gasteiger partial charge < -0.3 is 9.84 Å². The molecule has 1 atom stereocenters. The summed E-state index contributed by atoms with van der Waals surface area (Å²) in [5.41, 5.74) is 0. The molecule has 0 aliphatic carbocycles. The third-order valence-corrected chi connectivity index (χ3v) is 1.75. The molecule has 0 aromatic heterocycles. The first-order valence-corrected chi connectivity index (χ1v) is 4.68. The molecule has 0 bridgehead atoms. The topological polar surface area (TPSA) is 29.5 Å². The molecule has 0 fully saturated rings. The van der Waals surface area contributed by atoms with E-state index in [2.05, 4.69) is 6.58 Å². The van der Waals surface area contributed by atoms with Gasteiger partial charge in [0.05, 0.1) is 6.10 Å². The number of ether oxygens (including phenoxy) is 1. The summed E-state index contributed by atoms with van der Waals surface area (Å²) in [7, 11) is 0. The fourth-order valence-electron chi connectivity index (χ4n) is 1.01. The standard InChI is InChI=1S/C10H20O2/c1-3-5-6-7-10(11)8-9-12-4-2/h3,10-11H,1,4-9H2,2H3. The smallest absolute Gasteiger partial charge is 0.0562 e. The summed E-state index contributed by atoms with van der Waals surface area (Å²) >= 11 is 0. The molecular formula is C10H20O2. The lowest BCUT2D eigenvalue weighted by Crippen LogP contribution is -2.10. The fourth-order valence-corrected chi connectivity index (χ4v) is 1.01. The Hall–Kier alpha value is -0.340. The summed E-state index contributed by atoms with van der Waals surface area (Å²) in [6.07, 6.45) is 5.32. The van der Waals surface area contributed by atoms with E-state index in [-0.39, 0.29) is 6.10 Å². The molecule has 0 rings (SSSR count). The molecule has 0 radical (unpaired) electrons. The molecule has 0 amide bonds. The fraction of sp³-hybridized carbons (Fsp3) is 0.800. The average Bonchev–Trinajstić information content (AvgIpc) is 2.06. The number of rotatable bonds is 8. The van der Waals surface area contributed by atoms with Gasteiger partial charge >= 0.3 is 0 Å². The van der Waals surface area contributed by atoms with Crippen LogP contribution in [0.3, 0.4) is 0 Å². The molecule has 72 valence electrons. The van der Waals surface area contributed by atoms with Crippen LogP contribution in [0.15, 0.2) is 12.7 Å². The first-order valence-electron chi connectivity index (χ1n) is 4.68. The van der Waals surface area contributed by atoms with Gasteiger partial charge in [0.1, 0.15) is 0 Å². The first-order chi connectivity index (χ1) is 5.81. The minimum absolute atomic E-state index is 0.198. The summed E-state index contributed by atoms with van der Waals surface area (Å²) < 4.78 is 5.13. The molecule has 1 N–H and O–H groups in total. The zero-order chi connectivity index (χ0) is 9.23. The maximum Gasteiger partial charge on any atom is 0.0562 e. The second kappa shape index (κ2) is 8.75. The molecule has 12 heavy (non-hydrogen) atoms. The third-order valence-electron chi connectivity index (χ3n) is 1.75. The molecule has 0 heterocycles. The number of unbranched alkanes of at least 4 members (excludes halogenated alkanes) is 1. The van der Waals surface area contributed by atoms with Gasteiger partial charge in [-0.05, 0) is 32.6 Å². The van der Waals surface area contributed by atoms with Crippen molar-refractivity contribution in [2.45, 2.75) is 38.7 Å². The predicted octanol–water partition coefficient (Wildman–Crippen LogP) is 2.13. The van der Waals surface area contributed by atoms with E-state index in [1.165, 1.54) is 0 Å². The SMILES string of the molecule is C=CCCCC(O)CCOCC. The number of aliphatic hydroxyl groups excluding tert-OH is 1. The molecule has 1 unspecified atom stereocenters. The highest BCUT2D eigenvalue weighted by molar-refractivity contribution is 4.67. The molecule has 0 aromatic rings. The molecule has 0 spiro atoms. The predicted molar refractivity (Wildman–Crippen MR) is 51.2 cm³/mol. The van der Waals surface area contributed by atoms with Gasteiger partial charge in [0.2, 0.25) is 0 Å². The molecular weight excluding hydrogens is 152 g/mol. The third kappa shape index (κ3) is 7.76. The Kier molecular flexibility index (Phi) is 8.51. The van der Waals surface area contributed by atoms with Gasteiger partial charge in [-0.1, -0.05) is 6.08 Å². The van der Waals surface area contributed by atoms with E-state index in [9.17, 15) is 5.11 Å². The number of allylic oxidation sites excluding steroid dienone is 1. The molecule has 0 aliphatic rings. The highest BCUT2D eigenvalue weighted by atomic mass is 16.5. The molecule has 2 nitrogen and oxygen atoms in total. The van der Waals surface area contributed by atoms with Gasteiger partial charge in [0.15, 0.2) is 0 Å². The average molecular weight is 172 g/mol. The van der Waals surface area contributed by atoms with Gasteiger partial charge in [0.25, 0.3) is 0 Å². The van der Waals surface area contributed by atoms with E-state index in [0.29, 0.717) is 6.61 Å². The van der Waals surface area contributed by atoms with E-state index in [1.54, 1.807) is 0 Å². The van der Waals surface area contributed by atoms with Crippen LogP contribution in [-0.4, -0.2) is 24.4 Å². The lowest BCUT2D eigenvalue weighted by Gasteiger charge is -2.08. The van der Waals surface area contributed by atoms with E-state index in [4.69, 9.17) is 4.74 Å². The zero-order valence-corrected chi connectivity index (χ0v) is 7.96. The van der Waals surface area contributed by atoms with Crippen LogP contribution in [0.5, 0.6) is 0 Å². The largest absolute Gasteiger partial charge is 0.393 e. The van der Waals surface area contributed by atoms with Gasteiger partial charge in [-0.15, -0.1) is 6.58 Å². The van der Waals surface area contributed by atoms with Gasteiger partial charge in [0, 0.05) is 13.2 Å². The van der Waals surface area contributed by atoms with Crippen LogP contribution in [0.2, 0.25) is 0 Å². The maximum absolute atomic E-state index is 9.39. The molecule has 0 aromatic carbocycles. The van der Waals surface area contributed by atoms with E-state index >= 15 is 0 Å². The van der Waals surface area contributed by atoms with Crippen molar-refractivity contribution < 1.29 is 9.84 Å². The van der Waals surface area contributed by atoms with Crippen LogP contribution in [-0.2, 0) is 4.74 Å². The van der Waals surface area contributed by atoms with E-state index in [1.807, 2.05) is 13.0 Å². The van der Waals surface area contributed by atoms with Crippen molar-refractivity contribution in [3.05, 3.63) is 12.7 Å². The van der Waals surface area contributed by atoms with Crippen LogP contribution in [0.4, 0.5) is 0 Å². The molecule has 0 saturated carbocycles. The van der Waals surface area contributed by atoms with Gasteiger partial charge in [-0.3, -0.25) is 0 Å². The highest BCUT2D eigenvalue weighted by Crippen LogP contribution is 2.04. The Morgan fingerprint density at radius 3 is 2.83 bits per heavy atom. The monoisotopic (exact) mass is 172 g/mol. The van der Waals surface area contributed by atoms with Crippen LogP contribution in [0.1, 0.15) is 32.6 Å². The number of hydrogen-bond acceptors (Lipinski definition) is 2. The number of aliphatic hydroxyl groups is 1. The van der Waals surface area contributed by atoms with Crippen molar-refractivity contribution in [3.63, 3.8) is 0 Å². The summed E-state index contributed by atoms with van der Waals surface area (Å²) in [5.74, 6) is 0. The second-order valence-corrected chi connectivity index (χ2v) is 2.86. The van der Waals surface area contributed by atoms with Crippen LogP contribution < -0.4 is 0 Å². The van der Waals surface area contributed by atoms with Crippen molar-refractivity contribution in [1.29, 1.82) is 0 Å². The van der Waals surface area contributed by atoms with Crippen LogP contribution in [0.25, 0.3) is 0 Å². The minimum Gasteiger partial charge on any atom is -0.393 e. The normalized spacial score (nSPS) is 12.8. The summed E-state index contributed by atoms with van der Waals surface area (Å²) in [5, 5.41) is 9.39. The van der Waals surface area contributed by atoms with Crippen molar-refractivity contribution in [1.82, 2.24) is 0 Å². The van der Waals surface area contributed by atoms with Gasteiger partial charge in [-0.25, -0.2) is 0 Å². The van der Waals surface area contributed by atoms with Crippen LogP contribution in [0, 0.1) is 0 Å². The molecule has 0 aliphatic heterocycles. The van der Waals surface area contributed by atoms with Crippen molar-refractivity contribution >= 4 is 0 Å². The lowest BCUT2D eigenvalue weighted by molar-refractivity contribution is 0.0834. The van der Waals surface area contributed by atoms with Crippen molar-refractivity contribution in [2.24, 2.45) is 0 Å².